The molecule has 0 atom stereocenters. The summed E-state index contributed by atoms with van der Waals surface area (Å²) in [5, 5.41) is 9.64. The molecule has 1 aliphatic heterocycles. The average molecular weight is 312 g/mol. The van der Waals surface area contributed by atoms with Gasteiger partial charge in [0.1, 0.15) is 11.6 Å². The minimum atomic E-state index is -0.856. The van der Waals surface area contributed by atoms with Crippen LogP contribution in [0.3, 0.4) is 0 Å². The number of halogens is 2. The zero-order valence-electron chi connectivity index (χ0n) is 12.8. The predicted octanol–water partition coefficient (Wildman–Crippen LogP) is 4.02. The quantitative estimate of drug-likeness (QED) is 0.856. The first-order valence-electron chi connectivity index (χ1n) is 7.76. The molecule has 23 heavy (non-hydrogen) atoms. The molecule has 0 aliphatic carbocycles. The van der Waals surface area contributed by atoms with E-state index in [9.17, 15) is 14.0 Å². The summed E-state index contributed by atoms with van der Waals surface area (Å²) >= 11 is 0. The van der Waals surface area contributed by atoms with Gasteiger partial charge in [-0.15, -0.1) is 0 Å². The fourth-order valence-corrected chi connectivity index (χ4v) is 3.25. The van der Waals surface area contributed by atoms with Crippen LogP contribution < -0.4 is 0 Å². The molecule has 1 heterocycles. The van der Waals surface area contributed by atoms with Gasteiger partial charge in [-0.05, 0) is 24.5 Å². The van der Waals surface area contributed by atoms with E-state index >= 15 is 0 Å². The van der Waals surface area contributed by atoms with Gasteiger partial charge in [0, 0.05) is 31.3 Å². The van der Waals surface area contributed by atoms with Crippen LogP contribution in [0.25, 0.3) is 0 Å². The number of hydrogen-bond acceptors (Lipinski definition) is 2. The van der Waals surface area contributed by atoms with Crippen molar-refractivity contribution in [2.24, 2.45) is 0 Å². The fraction of sp³-hybridized carbons (Fsp3) is 0.316. The van der Waals surface area contributed by atoms with Crippen LogP contribution in [0.1, 0.15) is 24.0 Å². The van der Waals surface area contributed by atoms with Gasteiger partial charge < -0.3 is 0 Å². The van der Waals surface area contributed by atoms with Gasteiger partial charge in [0.25, 0.3) is 0 Å². The maximum absolute atomic E-state index is 14.1. The molecule has 0 radical (unpaired) electrons. The Morgan fingerprint density at radius 2 is 1.74 bits per heavy atom. The largest absolute Gasteiger partial charge is 0.299 e. The number of nitriles is 1. The summed E-state index contributed by atoms with van der Waals surface area (Å²) in [5.74, 6) is -1.23. The highest BCUT2D eigenvalue weighted by Crippen LogP contribution is 2.37. The number of nitrogens with zero attached hydrogens (tertiary/aromatic N) is 2. The standard InChI is InChI=1S/C19H18F2N2/c20-16-6-7-17(18(21)12-16)19(14-22)8-10-23(11-9-19)13-15-4-2-1-3-5-15/h1-7,12H,8-11,13H2. The van der Waals surface area contributed by atoms with Crippen LogP contribution in [0.2, 0.25) is 0 Å². The van der Waals surface area contributed by atoms with Crippen molar-refractivity contribution >= 4 is 0 Å². The van der Waals surface area contributed by atoms with E-state index in [2.05, 4.69) is 23.1 Å². The monoisotopic (exact) mass is 312 g/mol. The molecule has 0 spiro atoms. The molecule has 2 aromatic carbocycles. The number of benzene rings is 2. The van der Waals surface area contributed by atoms with Crippen molar-refractivity contribution in [3.63, 3.8) is 0 Å². The molecule has 0 bridgehead atoms. The van der Waals surface area contributed by atoms with E-state index in [1.165, 1.54) is 17.7 Å². The third kappa shape index (κ3) is 3.25. The maximum Gasteiger partial charge on any atom is 0.130 e. The molecule has 0 aromatic heterocycles. The van der Waals surface area contributed by atoms with E-state index < -0.39 is 17.0 Å². The molecular formula is C19H18F2N2. The van der Waals surface area contributed by atoms with Gasteiger partial charge in [-0.2, -0.15) is 5.26 Å². The van der Waals surface area contributed by atoms with Crippen molar-refractivity contribution in [3.8, 4) is 6.07 Å². The van der Waals surface area contributed by atoms with E-state index in [0.717, 1.165) is 25.7 Å². The second-order valence-corrected chi connectivity index (χ2v) is 6.08. The molecule has 2 nitrogen and oxygen atoms in total. The molecule has 1 aliphatic rings. The summed E-state index contributed by atoms with van der Waals surface area (Å²) in [7, 11) is 0. The molecule has 118 valence electrons. The Bertz CT molecular complexity index is 714. The first-order valence-corrected chi connectivity index (χ1v) is 7.76. The lowest BCUT2D eigenvalue weighted by Crippen LogP contribution is -2.42. The minimum absolute atomic E-state index is 0.320. The summed E-state index contributed by atoms with van der Waals surface area (Å²) in [5.41, 5.74) is 0.691. The number of likely N-dealkylation sites (tertiary alicyclic amines) is 1. The van der Waals surface area contributed by atoms with Crippen molar-refractivity contribution in [3.05, 3.63) is 71.3 Å². The first-order chi connectivity index (χ1) is 11.1. The van der Waals surface area contributed by atoms with E-state index in [0.29, 0.717) is 18.4 Å². The maximum atomic E-state index is 14.1. The Hall–Kier alpha value is -2.25. The molecule has 4 heteroatoms. The fourth-order valence-electron chi connectivity index (χ4n) is 3.25. The van der Waals surface area contributed by atoms with Crippen LogP contribution in [0.5, 0.6) is 0 Å². The molecular weight excluding hydrogens is 294 g/mol. The summed E-state index contributed by atoms with van der Waals surface area (Å²) < 4.78 is 27.2. The van der Waals surface area contributed by atoms with Crippen LogP contribution >= 0.6 is 0 Å². The number of rotatable bonds is 3. The molecule has 0 N–H and O–H groups in total. The molecule has 1 saturated heterocycles. The van der Waals surface area contributed by atoms with Crippen molar-refractivity contribution < 1.29 is 8.78 Å². The summed E-state index contributed by atoms with van der Waals surface area (Å²) in [6.07, 6.45) is 1.11. The van der Waals surface area contributed by atoms with Gasteiger partial charge in [-0.1, -0.05) is 36.4 Å². The SMILES string of the molecule is N#CC1(c2ccc(F)cc2F)CCN(Cc2ccccc2)CC1. The van der Waals surface area contributed by atoms with Crippen LogP contribution in [0, 0.1) is 23.0 Å². The topological polar surface area (TPSA) is 27.0 Å². The molecule has 2 aromatic rings. The normalized spacial score (nSPS) is 17.6. The Morgan fingerprint density at radius 3 is 2.35 bits per heavy atom. The Labute approximate surface area is 135 Å². The highest BCUT2D eigenvalue weighted by atomic mass is 19.1. The Morgan fingerprint density at radius 1 is 1.04 bits per heavy atom. The molecule has 3 rings (SSSR count). The van der Waals surface area contributed by atoms with E-state index in [-0.39, 0.29) is 0 Å². The van der Waals surface area contributed by atoms with Crippen molar-refractivity contribution in [1.29, 1.82) is 5.26 Å². The third-order valence-corrected chi connectivity index (χ3v) is 4.62. The van der Waals surface area contributed by atoms with Crippen LogP contribution in [0.15, 0.2) is 48.5 Å². The number of piperidine rings is 1. The number of hydrogen-bond donors (Lipinski definition) is 0. The smallest absolute Gasteiger partial charge is 0.130 e. The Kier molecular flexibility index (Phi) is 4.40. The van der Waals surface area contributed by atoms with Crippen molar-refractivity contribution in [1.82, 2.24) is 4.90 Å². The zero-order chi connectivity index (χ0) is 16.3. The Balaban J connectivity index is 1.74. The van der Waals surface area contributed by atoms with E-state index in [1.54, 1.807) is 0 Å². The molecule has 0 amide bonds. The van der Waals surface area contributed by atoms with Crippen molar-refractivity contribution in [2.75, 3.05) is 13.1 Å². The van der Waals surface area contributed by atoms with Crippen LogP contribution in [-0.2, 0) is 12.0 Å². The average Bonchev–Trinajstić information content (AvgIpc) is 2.57. The molecule has 1 fully saturated rings. The van der Waals surface area contributed by atoms with Gasteiger partial charge in [0.05, 0.1) is 11.5 Å². The lowest BCUT2D eigenvalue weighted by molar-refractivity contribution is 0.177. The highest BCUT2D eigenvalue weighted by molar-refractivity contribution is 5.35. The third-order valence-electron chi connectivity index (χ3n) is 4.62. The molecule has 0 unspecified atom stereocenters. The van der Waals surface area contributed by atoms with Gasteiger partial charge in [-0.25, -0.2) is 8.78 Å². The predicted molar refractivity (Wildman–Crippen MR) is 84.6 cm³/mol. The summed E-state index contributed by atoms with van der Waals surface area (Å²) in [6, 6.07) is 16.0. The second kappa shape index (κ2) is 6.47. The lowest BCUT2D eigenvalue weighted by Gasteiger charge is -2.37. The lowest BCUT2D eigenvalue weighted by atomic mass is 9.73. The van der Waals surface area contributed by atoms with Crippen LogP contribution in [-0.4, -0.2) is 18.0 Å². The summed E-state index contributed by atoms with van der Waals surface area (Å²) in [6.45, 7) is 2.27. The highest BCUT2D eigenvalue weighted by Gasteiger charge is 2.38. The van der Waals surface area contributed by atoms with Crippen molar-refractivity contribution in [2.45, 2.75) is 24.8 Å². The first kappa shape index (κ1) is 15.6. The minimum Gasteiger partial charge on any atom is -0.299 e. The molecule has 0 saturated carbocycles. The van der Waals surface area contributed by atoms with Gasteiger partial charge >= 0.3 is 0 Å². The second-order valence-electron chi connectivity index (χ2n) is 6.08. The van der Waals surface area contributed by atoms with Gasteiger partial charge in [-0.3, -0.25) is 4.90 Å². The van der Waals surface area contributed by atoms with Crippen LogP contribution in [0.4, 0.5) is 8.78 Å². The summed E-state index contributed by atoms with van der Waals surface area (Å²) in [4.78, 5) is 2.27. The van der Waals surface area contributed by atoms with E-state index in [1.807, 2.05) is 18.2 Å². The van der Waals surface area contributed by atoms with E-state index in [4.69, 9.17) is 0 Å². The zero-order valence-corrected chi connectivity index (χ0v) is 12.8. The van der Waals surface area contributed by atoms with Gasteiger partial charge in [0.2, 0.25) is 0 Å². The van der Waals surface area contributed by atoms with Gasteiger partial charge in [0.15, 0.2) is 0 Å².